The van der Waals surface area contributed by atoms with Gasteiger partial charge in [-0.15, -0.1) is 11.3 Å². The van der Waals surface area contributed by atoms with Gasteiger partial charge in [0.1, 0.15) is 10.8 Å². The van der Waals surface area contributed by atoms with Crippen LogP contribution >= 0.6 is 27.3 Å². The van der Waals surface area contributed by atoms with Crippen LogP contribution in [0.4, 0.5) is 5.00 Å². The van der Waals surface area contributed by atoms with Gasteiger partial charge in [-0.3, -0.25) is 4.79 Å². The third-order valence-corrected chi connectivity index (χ3v) is 6.34. The fraction of sp³-hybridized carbons (Fsp3) is 0.429. The van der Waals surface area contributed by atoms with Crippen molar-refractivity contribution in [2.45, 2.75) is 46.5 Å². The second kappa shape index (κ2) is 9.09. The molecule has 1 aromatic heterocycles. The summed E-state index contributed by atoms with van der Waals surface area (Å²) in [5.74, 6) is 0.0537. The molecular formula is C21H24BrNO4S. The Kier molecular flexibility index (Phi) is 6.78. The largest absolute Gasteiger partial charge is 0.483 e. The van der Waals surface area contributed by atoms with Crippen LogP contribution in [0.5, 0.6) is 5.75 Å². The molecule has 0 bridgehead atoms. The summed E-state index contributed by atoms with van der Waals surface area (Å²) in [5.41, 5.74) is 3.47. The lowest BCUT2D eigenvalue weighted by molar-refractivity contribution is -0.118. The van der Waals surface area contributed by atoms with E-state index in [9.17, 15) is 9.59 Å². The predicted octanol–water partition coefficient (Wildman–Crippen LogP) is 5.20. The van der Waals surface area contributed by atoms with Crippen molar-refractivity contribution < 1.29 is 19.1 Å². The molecule has 5 nitrogen and oxygen atoms in total. The molecule has 150 valence electrons. The zero-order chi connectivity index (χ0) is 20.3. The molecule has 2 aromatic rings. The highest BCUT2D eigenvalue weighted by molar-refractivity contribution is 9.10. The van der Waals surface area contributed by atoms with E-state index in [-0.39, 0.29) is 18.5 Å². The number of thiophene rings is 1. The van der Waals surface area contributed by atoms with Crippen molar-refractivity contribution in [2.75, 3.05) is 18.5 Å². The SMILES string of the molecule is CCOC(=O)c1c(NC(=O)COc2c(C)cc(Br)cc2C)sc2c1CCCC2. The number of amides is 1. The van der Waals surface area contributed by atoms with E-state index < -0.39 is 0 Å². The lowest BCUT2D eigenvalue weighted by atomic mass is 9.95. The molecule has 0 fully saturated rings. The van der Waals surface area contributed by atoms with Gasteiger partial charge in [-0.05, 0) is 75.3 Å². The number of anilines is 1. The number of carbonyl (C=O) groups is 2. The minimum absolute atomic E-state index is 0.117. The van der Waals surface area contributed by atoms with Crippen LogP contribution in [0.15, 0.2) is 16.6 Å². The van der Waals surface area contributed by atoms with Crippen molar-refractivity contribution in [3.8, 4) is 5.75 Å². The smallest absolute Gasteiger partial charge is 0.341 e. The minimum atomic E-state index is -0.363. The van der Waals surface area contributed by atoms with E-state index in [0.29, 0.717) is 22.9 Å². The molecule has 0 saturated heterocycles. The van der Waals surface area contributed by atoms with E-state index in [1.807, 2.05) is 26.0 Å². The summed E-state index contributed by atoms with van der Waals surface area (Å²) in [4.78, 5) is 26.2. The third kappa shape index (κ3) is 4.58. The van der Waals surface area contributed by atoms with Gasteiger partial charge >= 0.3 is 5.97 Å². The highest BCUT2D eigenvalue weighted by Crippen LogP contribution is 2.38. The van der Waals surface area contributed by atoms with Gasteiger partial charge in [0.2, 0.25) is 0 Å². The van der Waals surface area contributed by atoms with Crippen LogP contribution in [0.2, 0.25) is 0 Å². The van der Waals surface area contributed by atoms with E-state index in [1.165, 1.54) is 16.2 Å². The summed E-state index contributed by atoms with van der Waals surface area (Å²) in [6.07, 6.45) is 3.95. The number of rotatable bonds is 6. The van der Waals surface area contributed by atoms with Crippen molar-refractivity contribution in [3.63, 3.8) is 0 Å². The lowest BCUT2D eigenvalue weighted by Crippen LogP contribution is -2.22. The zero-order valence-corrected chi connectivity index (χ0v) is 18.7. The Morgan fingerprint density at radius 1 is 1.18 bits per heavy atom. The van der Waals surface area contributed by atoms with E-state index in [4.69, 9.17) is 9.47 Å². The topological polar surface area (TPSA) is 64.6 Å². The number of benzene rings is 1. The van der Waals surface area contributed by atoms with Crippen molar-refractivity contribution in [3.05, 3.63) is 43.7 Å². The molecule has 0 radical (unpaired) electrons. The van der Waals surface area contributed by atoms with E-state index in [1.54, 1.807) is 6.92 Å². The van der Waals surface area contributed by atoms with Crippen molar-refractivity contribution in [2.24, 2.45) is 0 Å². The summed E-state index contributed by atoms with van der Waals surface area (Å²) in [5, 5.41) is 3.44. The summed E-state index contributed by atoms with van der Waals surface area (Å²) < 4.78 is 12.0. The van der Waals surface area contributed by atoms with Gasteiger partial charge in [-0.2, -0.15) is 0 Å². The fourth-order valence-electron chi connectivity index (χ4n) is 3.50. The minimum Gasteiger partial charge on any atom is -0.483 e. The summed E-state index contributed by atoms with van der Waals surface area (Å²) in [7, 11) is 0. The van der Waals surface area contributed by atoms with E-state index in [0.717, 1.165) is 46.8 Å². The number of aryl methyl sites for hydroxylation is 3. The first-order valence-corrected chi connectivity index (χ1v) is 11.0. The van der Waals surface area contributed by atoms with Crippen LogP contribution in [0.1, 0.15) is 51.7 Å². The summed E-state index contributed by atoms with van der Waals surface area (Å²) in [6, 6.07) is 3.90. The van der Waals surface area contributed by atoms with Crippen LogP contribution in [0, 0.1) is 13.8 Å². The Morgan fingerprint density at radius 2 is 1.86 bits per heavy atom. The second-order valence-electron chi connectivity index (χ2n) is 6.84. The van der Waals surface area contributed by atoms with Crippen molar-refractivity contribution >= 4 is 44.1 Å². The third-order valence-electron chi connectivity index (χ3n) is 4.68. The highest BCUT2D eigenvalue weighted by atomic mass is 79.9. The van der Waals surface area contributed by atoms with E-state index >= 15 is 0 Å². The molecular weight excluding hydrogens is 442 g/mol. The molecule has 3 rings (SSSR count). The van der Waals surface area contributed by atoms with Gasteiger partial charge in [0.25, 0.3) is 5.91 Å². The standard InChI is InChI=1S/C21H24BrNO4S/c1-4-26-21(25)18-15-7-5-6-8-16(15)28-20(18)23-17(24)11-27-19-12(2)9-14(22)10-13(19)3/h9-10H,4-8,11H2,1-3H3,(H,23,24). The molecule has 1 amide bonds. The molecule has 0 unspecified atom stereocenters. The van der Waals surface area contributed by atoms with Crippen molar-refractivity contribution in [1.29, 1.82) is 0 Å². The Hall–Kier alpha value is -1.86. The lowest BCUT2D eigenvalue weighted by Gasteiger charge is -2.13. The van der Waals surface area contributed by atoms with E-state index in [2.05, 4.69) is 21.2 Å². The predicted molar refractivity (Wildman–Crippen MR) is 115 cm³/mol. The molecule has 1 N–H and O–H groups in total. The maximum absolute atomic E-state index is 12.5. The average Bonchev–Trinajstić information content (AvgIpc) is 2.98. The molecule has 0 saturated carbocycles. The number of fused-ring (bicyclic) bond motifs is 1. The van der Waals surface area contributed by atoms with Crippen LogP contribution in [0.25, 0.3) is 0 Å². The molecule has 0 aliphatic heterocycles. The first-order chi connectivity index (χ1) is 13.4. The number of hydrogen-bond donors (Lipinski definition) is 1. The number of halogens is 1. The Labute approximate surface area is 177 Å². The monoisotopic (exact) mass is 465 g/mol. The molecule has 1 heterocycles. The molecule has 1 aliphatic carbocycles. The molecule has 0 atom stereocenters. The second-order valence-corrected chi connectivity index (χ2v) is 8.86. The van der Waals surface area contributed by atoms with Crippen LogP contribution in [-0.4, -0.2) is 25.1 Å². The number of esters is 1. The van der Waals surface area contributed by atoms with Crippen LogP contribution < -0.4 is 10.1 Å². The molecule has 7 heteroatoms. The molecule has 1 aromatic carbocycles. The number of nitrogens with one attached hydrogen (secondary N) is 1. The quantitative estimate of drug-likeness (QED) is 0.595. The number of ether oxygens (including phenoxy) is 2. The Bertz CT molecular complexity index is 883. The number of carbonyl (C=O) groups excluding carboxylic acids is 2. The molecule has 1 aliphatic rings. The van der Waals surface area contributed by atoms with Crippen molar-refractivity contribution in [1.82, 2.24) is 0 Å². The number of hydrogen-bond acceptors (Lipinski definition) is 5. The maximum Gasteiger partial charge on any atom is 0.341 e. The summed E-state index contributed by atoms with van der Waals surface area (Å²) >= 11 is 4.94. The van der Waals surface area contributed by atoms with Gasteiger partial charge < -0.3 is 14.8 Å². The molecule has 28 heavy (non-hydrogen) atoms. The first-order valence-electron chi connectivity index (χ1n) is 9.41. The summed E-state index contributed by atoms with van der Waals surface area (Å²) in [6.45, 7) is 5.86. The van der Waals surface area contributed by atoms with Gasteiger partial charge in [-0.1, -0.05) is 15.9 Å². The van der Waals surface area contributed by atoms with Crippen LogP contribution in [0.3, 0.4) is 0 Å². The van der Waals surface area contributed by atoms with Gasteiger partial charge in [-0.25, -0.2) is 4.79 Å². The fourth-order valence-corrected chi connectivity index (χ4v) is 5.48. The first kappa shape index (κ1) is 20.9. The Morgan fingerprint density at radius 3 is 2.54 bits per heavy atom. The molecule has 0 spiro atoms. The van der Waals surface area contributed by atoms with Gasteiger partial charge in [0, 0.05) is 9.35 Å². The van der Waals surface area contributed by atoms with Crippen LogP contribution in [-0.2, 0) is 22.4 Å². The van der Waals surface area contributed by atoms with Gasteiger partial charge in [0.05, 0.1) is 12.2 Å². The van der Waals surface area contributed by atoms with Gasteiger partial charge in [0.15, 0.2) is 6.61 Å². The maximum atomic E-state index is 12.5. The average molecular weight is 466 g/mol. The highest BCUT2D eigenvalue weighted by Gasteiger charge is 2.27. The normalized spacial score (nSPS) is 13.0. The zero-order valence-electron chi connectivity index (χ0n) is 16.3. The Balaban J connectivity index is 1.75.